The van der Waals surface area contributed by atoms with Crippen LogP contribution in [0.25, 0.3) is 0 Å². The van der Waals surface area contributed by atoms with Crippen molar-refractivity contribution in [2.24, 2.45) is 5.41 Å². The van der Waals surface area contributed by atoms with Crippen LogP contribution in [0.5, 0.6) is 0 Å². The van der Waals surface area contributed by atoms with Crippen molar-refractivity contribution in [3.8, 4) is 0 Å². The van der Waals surface area contributed by atoms with E-state index >= 15 is 0 Å². The van der Waals surface area contributed by atoms with Crippen molar-refractivity contribution >= 4 is 0 Å². The second-order valence-corrected chi connectivity index (χ2v) is 6.62. The van der Waals surface area contributed by atoms with Crippen molar-refractivity contribution in [2.45, 2.75) is 84.5 Å². The molecule has 0 aromatic rings. The topological polar surface area (TPSA) is 21.3 Å². The minimum atomic E-state index is 0.538. The highest BCUT2D eigenvalue weighted by atomic mass is 16.5. The Morgan fingerprint density at radius 3 is 2.05 bits per heavy atom. The van der Waals surface area contributed by atoms with Gasteiger partial charge >= 0.3 is 0 Å². The Labute approximate surface area is 127 Å². The molecule has 0 radical (unpaired) electrons. The summed E-state index contributed by atoms with van der Waals surface area (Å²) in [7, 11) is 0. The van der Waals surface area contributed by atoms with Gasteiger partial charge in [0.1, 0.15) is 0 Å². The standard InChI is InChI=1S/C18H37NO/c1-3-5-6-7-8-9-10-11-12-18(17-19-4-2)13-15-20-16-14-18/h19H,3-17H2,1-2H3. The highest BCUT2D eigenvalue weighted by Gasteiger charge is 2.31. The van der Waals surface area contributed by atoms with E-state index < -0.39 is 0 Å². The first-order valence-corrected chi connectivity index (χ1v) is 9.11. The molecule has 0 amide bonds. The number of hydrogen-bond donors (Lipinski definition) is 1. The van der Waals surface area contributed by atoms with Crippen molar-refractivity contribution in [1.29, 1.82) is 0 Å². The Balaban J connectivity index is 2.09. The van der Waals surface area contributed by atoms with Gasteiger partial charge in [-0.25, -0.2) is 0 Å². The second kappa shape index (κ2) is 11.6. The van der Waals surface area contributed by atoms with Crippen molar-refractivity contribution in [2.75, 3.05) is 26.3 Å². The Bertz CT molecular complexity index is 211. The van der Waals surface area contributed by atoms with Gasteiger partial charge in [0.2, 0.25) is 0 Å². The summed E-state index contributed by atoms with van der Waals surface area (Å²) in [6.07, 6.45) is 15.3. The molecule has 1 aliphatic rings. The molecule has 0 aromatic heterocycles. The lowest BCUT2D eigenvalue weighted by Gasteiger charge is -2.37. The van der Waals surface area contributed by atoms with Crippen molar-refractivity contribution < 1.29 is 4.74 Å². The number of unbranched alkanes of at least 4 members (excludes halogenated alkanes) is 7. The Hall–Kier alpha value is -0.0800. The summed E-state index contributed by atoms with van der Waals surface area (Å²) in [5.74, 6) is 0. The van der Waals surface area contributed by atoms with Crippen molar-refractivity contribution in [1.82, 2.24) is 5.32 Å². The summed E-state index contributed by atoms with van der Waals surface area (Å²) in [6, 6.07) is 0. The molecule has 1 N–H and O–H groups in total. The SMILES string of the molecule is CCCCCCCCCCC1(CNCC)CCOCC1. The first-order chi connectivity index (χ1) is 9.83. The fourth-order valence-electron chi connectivity index (χ4n) is 3.34. The van der Waals surface area contributed by atoms with E-state index in [0.29, 0.717) is 5.41 Å². The maximum absolute atomic E-state index is 5.56. The molecule has 20 heavy (non-hydrogen) atoms. The van der Waals surface area contributed by atoms with Gasteiger partial charge in [0.15, 0.2) is 0 Å². The van der Waals surface area contributed by atoms with E-state index in [1.165, 1.54) is 77.2 Å². The lowest BCUT2D eigenvalue weighted by atomic mass is 9.76. The maximum atomic E-state index is 5.56. The summed E-state index contributed by atoms with van der Waals surface area (Å²) < 4.78 is 5.56. The van der Waals surface area contributed by atoms with Crippen LogP contribution in [0.4, 0.5) is 0 Å². The predicted octanol–water partition coefficient (Wildman–Crippen LogP) is 4.92. The van der Waals surface area contributed by atoms with E-state index in [4.69, 9.17) is 4.74 Å². The highest BCUT2D eigenvalue weighted by molar-refractivity contribution is 4.83. The number of nitrogens with one attached hydrogen (secondary N) is 1. The third-order valence-electron chi connectivity index (χ3n) is 4.86. The molecule has 0 atom stereocenters. The molecular weight excluding hydrogens is 246 g/mol. The van der Waals surface area contributed by atoms with E-state index in [-0.39, 0.29) is 0 Å². The number of ether oxygens (including phenoxy) is 1. The van der Waals surface area contributed by atoms with Gasteiger partial charge in [-0.05, 0) is 31.2 Å². The zero-order valence-corrected chi connectivity index (χ0v) is 14.0. The molecule has 0 aromatic carbocycles. The van der Waals surface area contributed by atoms with Crippen LogP contribution >= 0.6 is 0 Å². The largest absolute Gasteiger partial charge is 0.381 e. The fraction of sp³-hybridized carbons (Fsp3) is 1.00. The van der Waals surface area contributed by atoms with Gasteiger partial charge in [-0.2, -0.15) is 0 Å². The van der Waals surface area contributed by atoms with Crippen LogP contribution in [-0.2, 0) is 4.74 Å². The quantitative estimate of drug-likeness (QED) is 0.513. The summed E-state index contributed by atoms with van der Waals surface area (Å²) >= 11 is 0. The summed E-state index contributed by atoms with van der Waals surface area (Å²) in [4.78, 5) is 0. The normalized spacial score (nSPS) is 18.3. The lowest BCUT2D eigenvalue weighted by Crippen LogP contribution is -2.39. The molecule has 0 saturated carbocycles. The van der Waals surface area contributed by atoms with Crippen LogP contribution in [0.15, 0.2) is 0 Å². The van der Waals surface area contributed by atoms with Crippen molar-refractivity contribution in [3.05, 3.63) is 0 Å². The number of hydrogen-bond acceptors (Lipinski definition) is 2. The minimum absolute atomic E-state index is 0.538. The molecule has 1 heterocycles. The molecule has 0 spiro atoms. The molecule has 0 aliphatic carbocycles. The van der Waals surface area contributed by atoms with Crippen LogP contribution in [0.1, 0.15) is 84.5 Å². The zero-order chi connectivity index (χ0) is 14.5. The average Bonchev–Trinajstić information content (AvgIpc) is 2.49. The zero-order valence-electron chi connectivity index (χ0n) is 14.0. The van der Waals surface area contributed by atoms with Crippen LogP contribution in [0.3, 0.4) is 0 Å². The minimum Gasteiger partial charge on any atom is -0.381 e. The summed E-state index contributed by atoms with van der Waals surface area (Å²) in [5, 5.41) is 3.58. The molecule has 2 nitrogen and oxygen atoms in total. The van der Waals surface area contributed by atoms with E-state index in [9.17, 15) is 0 Å². The van der Waals surface area contributed by atoms with Crippen molar-refractivity contribution in [3.63, 3.8) is 0 Å². The Morgan fingerprint density at radius 2 is 1.45 bits per heavy atom. The summed E-state index contributed by atoms with van der Waals surface area (Å²) in [5.41, 5.74) is 0.538. The second-order valence-electron chi connectivity index (χ2n) is 6.62. The van der Waals surface area contributed by atoms with Gasteiger partial charge in [0.25, 0.3) is 0 Å². The molecule has 0 unspecified atom stereocenters. The average molecular weight is 284 g/mol. The number of rotatable bonds is 12. The van der Waals surface area contributed by atoms with Crippen LogP contribution in [0.2, 0.25) is 0 Å². The predicted molar refractivity (Wildman–Crippen MR) is 88.3 cm³/mol. The molecule has 0 bridgehead atoms. The van der Waals surface area contributed by atoms with Crippen LogP contribution < -0.4 is 5.32 Å². The highest BCUT2D eigenvalue weighted by Crippen LogP contribution is 2.35. The fourth-order valence-corrected chi connectivity index (χ4v) is 3.34. The first kappa shape index (κ1) is 18.0. The molecule has 1 rings (SSSR count). The lowest BCUT2D eigenvalue weighted by molar-refractivity contribution is 0.00938. The van der Waals surface area contributed by atoms with E-state index in [1.807, 2.05) is 0 Å². The molecule has 2 heteroatoms. The van der Waals surface area contributed by atoms with Gasteiger partial charge in [0, 0.05) is 19.8 Å². The van der Waals surface area contributed by atoms with Gasteiger partial charge in [-0.15, -0.1) is 0 Å². The molecule has 120 valence electrons. The van der Waals surface area contributed by atoms with Gasteiger partial charge in [-0.3, -0.25) is 0 Å². The van der Waals surface area contributed by atoms with Crippen LogP contribution in [0, 0.1) is 5.41 Å². The van der Waals surface area contributed by atoms with Gasteiger partial charge in [-0.1, -0.05) is 65.2 Å². The van der Waals surface area contributed by atoms with Gasteiger partial charge in [0.05, 0.1) is 0 Å². The Morgan fingerprint density at radius 1 is 0.850 bits per heavy atom. The first-order valence-electron chi connectivity index (χ1n) is 9.11. The smallest absolute Gasteiger partial charge is 0.0471 e. The molecular formula is C18H37NO. The van der Waals surface area contributed by atoms with E-state index in [0.717, 1.165) is 19.8 Å². The van der Waals surface area contributed by atoms with Crippen LogP contribution in [-0.4, -0.2) is 26.3 Å². The van der Waals surface area contributed by atoms with E-state index in [1.54, 1.807) is 0 Å². The molecule has 1 fully saturated rings. The maximum Gasteiger partial charge on any atom is 0.0471 e. The third kappa shape index (κ3) is 7.64. The summed E-state index contributed by atoms with van der Waals surface area (Å²) in [6.45, 7) is 8.75. The van der Waals surface area contributed by atoms with E-state index in [2.05, 4.69) is 19.2 Å². The Kier molecular flexibility index (Phi) is 10.4. The molecule has 1 aliphatic heterocycles. The molecule has 1 saturated heterocycles. The third-order valence-corrected chi connectivity index (χ3v) is 4.86. The van der Waals surface area contributed by atoms with Gasteiger partial charge < -0.3 is 10.1 Å². The monoisotopic (exact) mass is 283 g/mol.